The number of aromatic nitrogens is 1. The van der Waals surface area contributed by atoms with Crippen LogP contribution in [0.2, 0.25) is 0 Å². The lowest BCUT2D eigenvalue weighted by molar-refractivity contribution is 0.0955. The molecular weight excluding hydrogens is 414 g/mol. The van der Waals surface area contributed by atoms with Crippen molar-refractivity contribution in [2.45, 2.75) is 31.6 Å². The number of pyridine rings is 1. The van der Waals surface area contributed by atoms with Gasteiger partial charge >= 0.3 is 0 Å². The van der Waals surface area contributed by atoms with Crippen LogP contribution in [0.25, 0.3) is 0 Å². The van der Waals surface area contributed by atoms with E-state index in [0.29, 0.717) is 35.3 Å². The predicted molar refractivity (Wildman–Crippen MR) is 120 cm³/mol. The molecular formula is C23H25N3O4S. The maximum Gasteiger partial charge on any atom is 0.261 e. The molecule has 162 valence electrons. The highest BCUT2D eigenvalue weighted by Gasteiger charge is 2.14. The summed E-state index contributed by atoms with van der Waals surface area (Å²) in [5.74, 6) is 0.947. The van der Waals surface area contributed by atoms with E-state index in [1.165, 1.54) is 6.20 Å². The Bertz CT molecular complexity index is 1120. The molecule has 0 aliphatic rings. The van der Waals surface area contributed by atoms with Crippen molar-refractivity contribution in [3.8, 4) is 11.6 Å². The van der Waals surface area contributed by atoms with Crippen molar-refractivity contribution in [1.29, 1.82) is 0 Å². The number of carbonyl (C=O) groups is 1. The first-order valence-corrected chi connectivity index (χ1v) is 11.4. The normalized spacial score (nSPS) is 11.2. The van der Waals surface area contributed by atoms with Crippen molar-refractivity contribution in [2.75, 3.05) is 11.3 Å². The summed E-state index contributed by atoms with van der Waals surface area (Å²) in [6.45, 7) is 6.49. The van der Waals surface area contributed by atoms with Gasteiger partial charge < -0.3 is 10.1 Å². The first-order valence-electron chi connectivity index (χ1n) is 9.93. The molecule has 2 aromatic carbocycles. The molecule has 31 heavy (non-hydrogen) atoms. The maximum absolute atomic E-state index is 12.6. The van der Waals surface area contributed by atoms with Crippen molar-refractivity contribution in [1.82, 2.24) is 10.3 Å². The molecule has 0 bridgehead atoms. The molecule has 1 amide bonds. The molecule has 1 heterocycles. The number of amides is 1. The largest absolute Gasteiger partial charge is 0.439 e. The summed E-state index contributed by atoms with van der Waals surface area (Å²) in [5, 5.41) is 2.70. The van der Waals surface area contributed by atoms with Crippen LogP contribution in [-0.4, -0.2) is 25.9 Å². The molecule has 0 aliphatic heterocycles. The summed E-state index contributed by atoms with van der Waals surface area (Å²) in [4.78, 5) is 16.1. The van der Waals surface area contributed by atoms with Crippen LogP contribution in [0.4, 0.5) is 5.69 Å². The van der Waals surface area contributed by atoms with E-state index in [1.54, 1.807) is 48.5 Å². The van der Waals surface area contributed by atoms with Gasteiger partial charge in [-0.05, 0) is 60.9 Å². The second-order valence-electron chi connectivity index (χ2n) is 7.20. The molecule has 0 spiro atoms. The Morgan fingerprint density at radius 1 is 1.00 bits per heavy atom. The molecule has 0 fully saturated rings. The smallest absolute Gasteiger partial charge is 0.261 e. The highest BCUT2D eigenvalue weighted by Crippen LogP contribution is 2.24. The maximum atomic E-state index is 12.6. The van der Waals surface area contributed by atoms with Gasteiger partial charge in [0.15, 0.2) is 0 Å². The van der Waals surface area contributed by atoms with E-state index in [9.17, 15) is 13.2 Å². The van der Waals surface area contributed by atoms with Gasteiger partial charge in [-0.15, -0.1) is 0 Å². The zero-order chi connectivity index (χ0) is 22.4. The minimum atomic E-state index is -3.69. The van der Waals surface area contributed by atoms with Crippen LogP contribution in [-0.2, 0) is 10.0 Å². The fourth-order valence-electron chi connectivity index (χ4n) is 2.80. The van der Waals surface area contributed by atoms with Crippen LogP contribution in [0.5, 0.6) is 11.6 Å². The zero-order valence-corrected chi connectivity index (χ0v) is 18.4. The van der Waals surface area contributed by atoms with Crippen molar-refractivity contribution in [3.05, 3.63) is 78.0 Å². The van der Waals surface area contributed by atoms with Gasteiger partial charge in [-0.1, -0.05) is 26.0 Å². The van der Waals surface area contributed by atoms with E-state index in [0.717, 1.165) is 5.56 Å². The summed E-state index contributed by atoms with van der Waals surface area (Å²) in [6, 6.07) is 16.6. The lowest BCUT2D eigenvalue weighted by atomic mass is 10.0. The Morgan fingerprint density at radius 2 is 1.68 bits per heavy atom. The third kappa shape index (κ3) is 5.82. The summed E-state index contributed by atoms with van der Waals surface area (Å²) in [7, 11) is -3.69. The summed E-state index contributed by atoms with van der Waals surface area (Å²) < 4.78 is 33.4. The quantitative estimate of drug-likeness (QED) is 0.537. The molecule has 3 aromatic rings. The van der Waals surface area contributed by atoms with Gasteiger partial charge in [-0.25, -0.2) is 13.4 Å². The van der Waals surface area contributed by atoms with Crippen LogP contribution >= 0.6 is 0 Å². The van der Waals surface area contributed by atoms with Crippen molar-refractivity contribution in [2.24, 2.45) is 0 Å². The number of hydrogen-bond acceptors (Lipinski definition) is 5. The van der Waals surface area contributed by atoms with Gasteiger partial charge in [0.2, 0.25) is 5.88 Å². The van der Waals surface area contributed by atoms with E-state index in [-0.39, 0.29) is 10.8 Å². The topological polar surface area (TPSA) is 97.4 Å². The molecule has 7 nitrogen and oxygen atoms in total. The van der Waals surface area contributed by atoms with E-state index < -0.39 is 10.0 Å². The number of ether oxygens (including phenoxy) is 1. The molecule has 1 aromatic heterocycles. The Balaban J connectivity index is 1.65. The van der Waals surface area contributed by atoms with Gasteiger partial charge in [0, 0.05) is 24.5 Å². The van der Waals surface area contributed by atoms with Crippen LogP contribution in [0.15, 0.2) is 71.8 Å². The fraction of sp³-hybridized carbons (Fsp3) is 0.217. The molecule has 0 saturated heterocycles. The highest BCUT2D eigenvalue weighted by atomic mass is 32.2. The first kappa shape index (κ1) is 22.3. The third-order valence-corrected chi connectivity index (χ3v) is 5.92. The molecule has 8 heteroatoms. The molecule has 3 rings (SSSR count). The molecule has 0 saturated carbocycles. The van der Waals surface area contributed by atoms with Gasteiger partial charge in [0.1, 0.15) is 5.75 Å². The third-order valence-electron chi connectivity index (χ3n) is 4.52. The Labute approximate surface area is 182 Å². The average Bonchev–Trinajstić information content (AvgIpc) is 2.75. The van der Waals surface area contributed by atoms with Gasteiger partial charge in [0.05, 0.1) is 10.5 Å². The Kier molecular flexibility index (Phi) is 6.91. The highest BCUT2D eigenvalue weighted by molar-refractivity contribution is 7.92. The lowest BCUT2D eigenvalue weighted by Gasteiger charge is -2.11. The second kappa shape index (κ2) is 9.61. The predicted octanol–water partition coefficient (Wildman–Crippen LogP) is 4.55. The van der Waals surface area contributed by atoms with Crippen LogP contribution < -0.4 is 14.8 Å². The number of anilines is 1. The Hall–Kier alpha value is -3.39. The van der Waals surface area contributed by atoms with Crippen LogP contribution in [0, 0.1) is 0 Å². The average molecular weight is 440 g/mol. The van der Waals surface area contributed by atoms with E-state index in [1.807, 2.05) is 19.1 Å². The molecule has 0 atom stereocenters. The monoisotopic (exact) mass is 439 g/mol. The SMILES string of the molecule is CCNC(=O)c1ccc(Oc2ccc(NS(=O)(=O)c3ccc(C(C)C)cc3)cc2)nc1. The first-order chi connectivity index (χ1) is 14.8. The molecule has 0 radical (unpaired) electrons. The number of hydrogen-bond donors (Lipinski definition) is 2. The Morgan fingerprint density at radius 3 is 2.23 bits per heavy atom. The summed E-state index contributed by atoms with van der Waals surface area (Å²) >= 11 is 0. The van der Waals surface area contributed by atoms with Gasteiger partial charge in [-0.2, -0.15) is 0 Å². The van der Waals surface area contributed by atoms with Gasteiger partial charge in [-0.3, -0.25) is 9.52 Å². The summed E-state index contributed by atoms with van der Waals surface area (Å²) in [5.41, 5.74) is 1.94. The van der Waals surface area contributed by atoms with Crippen LogP contribution in [0.1, 0.15) is 42.6 Å². The summed E-state index contributed by atoms with van der Waals surface area (Å²) in [6.07, 6.45) is 1.44. The number of sulfonamides is 1. The molecule has 0 aliphatic carbocycles. The molecule has 0 unspecified atom stereocenters. The van der Waals surface area contributed by atoms with Crippen molar-refractivity contribution in [3.63, 3.8) is 0 Å². The fourth-order valence-corrected chi connectivity index (χ4v) is 3.85. The van der Waals surface area contributed by atoms with Crippen molar-refractivity contribution < 1.29 is 17.9 Å². The van der Waals surface area contributed by atoms with E-state index in [4.69, 9.17) is 4.74 Å². The second-order valence-corrected chi connectivity index (χ2v) is 8.88. The van der Waals surface area contributed by atoms with E-state index >= 15 is 0 Å². The number of nitrogens with zero attached hydrogens (tertiary/aromatic N) is 1. The van der Waals surface area contributed by atoms with Crippen molar-refractivity contribution >= 4 is 21.6 Å². The number of nitrogens with one attached hydrogen (secondary N) is 2. The number of benzene rings is 2. The lowest BCUT2D eigenvalue weighted by Crippen LogP contribution is -2.22. The molecule has 2 N–H and O–H groups in total. The standard InChI is InChI=1S/C23H25N3O4S/c1-4-24-23(27)18-7-14-22(25-15-18)30-20-10-8-19(9-11-20)26-31(28,29)21-12-5-17(6-13-21)16(2)3/h5-16,26H,4H2,1-3H3,(H,24,27). The van der Waals surface area contributed by atoms with Crippen LogP contribution in [0.3, 0.4) is 0 Å². The zero-order valence-electron chi connectivity index (χ0n) is 17.6. The number of rotatable bonds is 8. The minimum absolute atomic E-state index is 0.197. The van der Waals surface area contributed by atoms with E-state index in [2.05, 4.69) is 28.9 Å². The minimum Gasteiger partial charge on any atom is -0.439 e. The van der Waals surface area contributed by atoms with Gasteiger partial charge in [0.25, 0.3) is 15.9 Å². The number of carbonyl (C=O) groups excluding carboxylic acids is 1.